The van der Waals surface area contributed by atoms with Gasteiger partial charge in [0.1, 0.15) is 5.15 Å². The van der Waals surface area contributed by atoms with Crippen LogP contribution in [0.25, 0.3) is 17.0 Å². The monoisotopic (exact) mass is 611 g/mol. The van der Waals surface area contributed by atoms with Crippen molar-refractivity contribution in [3.63, 3.8) is 0 Å². The van der Waals surface area contributed by atoms with Crippen LogP contribution < -0.4 is 10.2 Å². The van der Waals surface area contributed by atoms with E-state index in [0.717, 1.165) is 85.1 Å². The Morgan fingerprint density at radius 3 is 2.61 bits per heavy atom. The van der Waals surface area contributed by atoms with Crippen molar-refractivity contribution in [3.8, 4) is 0 Å². The van der Waals surface area contributed by atoms with Crippen LogP contribution in [0, 0.1) is 0 Å². The summed E-state index contributed by atoms with van der Waals surface area (Å²) in [5, 5.41) is 5.38. The number of rotatable bonds is 6. The van der Waals surface area contributed by atoms with E-state index in [1.165, 1.54) is 11.3 Å². The Hall–Kier alpha value is -3.07. The van der Waals surface area contributed by atoms with Gasteiger partial charge in [-0.3, -0.25) is 9.47 Å². The molecular formula is C31H32Cl3N5O2. The number of amides is 1. The van der Waals surface area contributed by atoms with Gasteiger partial charge in [0, 0.05) is 73.7 Å². The molecule has 4 aromatic rings. The highest BCUT2D eigenvalue weighted by Gasteiger charge is 2.27. The third kappa shape index (κ3) is 6.71. The molecular weight excluding hydrogens is 581 g/mol. The van der Waals surface area contributed by atoms with Crippen LogP contribution >= 0.6 is 35.6 Å². The highest BCUT2D eigenvalue weighted by Crippen LogP contribution is 2.34. The summed E-state index contributed by atoms with van der Waals surface area (Å²) in [6, 6.07) is 17.8. The number of carbonyl (C=O) groups is 1. The molecule has 6 rings (SSSR count). The molecule has 2 aromatic carbocycles. The Morgan fingerprint density at radius 2 is 1.83 bits per heavy atom. The molecule has 7 nitrogen and oxygen atoms in total. The van der Waals surface area contributed by atoms with Crippen molar-refractivity contribution in [2.24, 2.45) is 0 Å². The molecule has 0 bridgehead atoms. The maximum Gasteiger partial charge on any atom is 0.326 e. The smallest absolute Gasteiger partial charge is 0.326 e. The normalized spacial score (nSPS) is 15.6. The minimum Gasteiger partial charge on any atom is -0.378 e. The zero-order valence-corrected chi connectivity index (χ0v) is 24.9. The second-order valence-electron chi connectivity index (χ2n) is 10.1. The molecule has 0 spiro atoms. The average molecular weight is 613 g/mol. The Labute approximate surface area is 256 Å². The molecule has 41 heavy (non-hydrogen) atoms. The number of ether oxygens (including phenoxy) is 1. The van der Waals surface area contributed by atoms with Crippen molar-refractivity contribution in [2.75, 3.05) is 44.3 Å². The van der Waals surface area contributed by atoms with E-state index >= 15 is 0 Å². The fourth-order valence-corrected chi connectivity index (χ4v) is 5.85. The topological polar surface area (TPSA) is 62.6 Å². The van der Waals surface area contributed by atoms with Gasteiger partial charge in [-0.2, -0.15) is 0 Å². The third-order valence-corrected chi connectivity index (χ3v) is 8.03. The lowest BCUT2D eigenvalue weighted by Crippen LogP contribution is -2.36. The Balaban J connectivity index is 0.00000337. The van der Waals surface area contributed by atoms with E-state index in [1.807, 2.05) is 34.9 Å². The fraction of sp³-hybridized carbons (Fsp3) is 0.290. The Bertz CT molecular complexity index is 1550. The number of anilines is 1. The summed E-state index contributed by atoms with van der Waals surface area (Å²) >= 11 is 12.1. The number of hydrogen-bond donors (Lipinski definition) is 1. The van der Waals surface area contributed by atoms with Gasteiger partial charge >= 0.3 is 6.03 Å². The third-order valence-electron chi connectivity index (χ3n) is 7.57. The molecule has 0 aliphatic carbocycles. The van der Waals surface area contributed by atoms with Gasteiger partial charge in [0.2, 0.25) is 0 Å². The van der Waals surface area contributed by atoms with E-state index in [9.17, 15) is 4.79 Å². The quantitative estimate of drug-likeness (QED) is 0.254. The van der Waals surface area contributed by atoms with E-state index in [0.29, 0.717) is 11.7 Å². The van der Waals surface area contributed by atoms with E-state index in [1.54, 1.807) is 12.3 Å². The summed E-state index contributed by atoms with van der Waals surface area (Å²) in [6.45, 7) is 6.05. The number of fused-ring (bicyclic) bond motifs is 3. The molecule has 4 heterocycles. The number of hydrogen-bond acceptors (Lipinski definition) is 5. The van der Waals surface area contributed by atoms with Gasteiger partial charge in [0.25, 0.3) is 0 Å². The van der Waals surface area contributed by atoms with Crippen molar-refractivity contribution >= 4 is 64.3 Å². The lowest BCUT2D eigenvalue weighted by atomic mass is 10.0. The minimum absolute atomic E-state index is 0. The van der Waals surface area contributed by atoms with Crippen molar-refractivity contribution in [3.05, 3.63) is 99.4 Å². The van der Waals surface area contributed by atoms with Crippen LogP contribution in [0.15, 0.2) is 66.9 Å². The van der Waals surface area contributed by atoms with Crippen LogP contribution in [-0.2, 0) is 24.2 Å². The summed E-state index contributed by atoms with van der Waals surface area (Å²) in [5.41, 5.74) is 6.44. The number of morpholine rings is 1. The molecule has 2 aromatic heterocycles. The predicted octanol–water partition coefficient (Wildman–Crippen LogP) is 6.43. The van der Waals surface area contributed by atoms with Gasteiger partial charge < -0.3 is 15.0 Å². The summed E-state index contributed by atoms with van der Waals surface area (Å²) < 4.78 is 7.44. The zero-order valence-electron chi connectivity index (χ0n) is 22.6. The second kappa shape index (κ2) is 13.3. The predicted molar refractivity (Wildman–Crippen MR) is 169 cm³/mol. The molecule has 1 fully saturated rings. The summed E-state index contributed by atoms with van der Waals surface area (Å²) in [7, 11) is 0. The van der Waals surface area contributed by atoms with E-state index in [-0.39, 0.29) is 18.4 Å². The van der Waals surface area contributed by atoms with Gasteiger partial charge in [-0.25, -0.2) is 9.78 Å². The van der Waals surface area contributed by atoms with E-state index in [4.69, 9.17) is 27.9 Å². The average Bonchev–Trinajstić information content (AvgIpc) is 3.30. The lowest BCUT2D eigenvalue weighted by molar-refractivity contribution is 0.122. The SMILES string of the molecule is Cl.O=C(NCc1ccnc(Cl)c1)n1c2c(c3cc(N4CCOCC4)ccc31)CN(C/C=C/c1ccc(Cl)cc1)CC2. The first-order chi connectivity index (χ1) is 19.5. The number of aromatic nitrogens is 2. The molecule has 10 heteroatoms. The van der Waals surface area contributed by atoms with Crippen LogP contribution in [0.1, 0.15) is 22.4 Å². The van der Waals surface area contributed by atoms with Gasteiger partial charge in [-0.15, -0.1) is 12.4 Å². The summed E-state index contributed by atoms with van der Waals surface area (Å²) in [4.78, 5) is 22.4. The van der Waals surface area contributed by atoms with Crippen molar-refractivity contribution in [1.29, 1.82) is 0 Å². The molecule has 2 aliphatic rings. The Morgan fingerprint density at radius 1 is 1.02 bits per heavy atom. The maximum absolute atomic E-state index is 13.6. The first-order valence-electron chi connectivity index (χ1n) is 13.6. The van der Waals surface area contributed by atoms with Crippen LogP contribution in [-0.4, -0.2) is 59.9 Å². The highest BCUT2D eigenvalue weighted by atomic mass is 35.5. The van der Waals surface area contributed by atoms with Crippen molar-refractivity contribution in [1.82, 2.24) is 19.8 Å². The van der Waals surface area contributed by atoms with Crippen LogP contribution in [0.2, 0.25) is 10.2 Å². The molecule has 0 unspecified atom stereocenters. The lowest BCUT2D eigenvalue weighted by Gasteiger charge is -2.29. The standard InChI is InChI=1S/C31H31Cl2N5O2.ClH/c32-24-5-3-22(4-6-24)2-1-12-36-13-10-29-27(21-36)26-19-25(37-14-16-40-17-15-37)7-8-28(26)38(29)31(39)35-20-23-9-11-34-30(33)18-23;/h1-9,11,18-19H,10,12-17,20-21H2,(H,35,39);1H/b2-1+;. The highest BCUT2D eigenvalue weighted by molar-refractivity contribution is 6.30. The fourth-order valence-electron chi connectivity index (χ4n) is 5.53. The molecule has 1 amide bonds. The first-order valence-corrected chi connectivity index (χ1v) is 14.3. The molecule has 214 valence electrons. The van der Waals surface area contributed by atoms with Crippen LogP contribution in [0.4, 0.5) is 10.5 Å². The number of carbonyl (C=O) groups excluding carboxylic acids is 1. The molecule has 1 saturated heterocycles. The number of benzene rings is 2. The van der Waals surface area contributed by atoms with Crippen molar-refractivity contribution in [2.45, 2.75) is 19.5 Å². The van der Waals surface area contributed by atoms with Gasteiger partial charge in [-0.1, -0.05) is 47.5 Å². The number of halogens is 3. The van der Waals surface area contributed by atoms with Gasteiger partial charge in [0.15, 0.2) is 0 Å². The molecule has 1 N–H and O–H groups in total. The van der Waals surface area contributed by atoms with E-state index < -0.39 is 0 Å². The van der Waals surface area contributed by atoms with Crippen LogP contribution in [0.5, 0.6) is 0 Å². The zero-order chi connectivity index (χ0) is 27.5. The molecule has 0 saturated carbocycles. The molecule has 2 aliphatic heterocycles. The first kappa shape index (κ1) is 29.4. The van der Waals surface area contributed by atoms with Crippen LogP contribution in [0.3, 0.4) is 0 Å². The minimum atomic E-state index is -0.130. The van der Waals surface area contributed by atoms with Gasteiger partial charge in [-0.05, 0) is 59.2 Å². The second-order valence-corrected chi connectivity index (χ2v) is 11.0. The number of nitrogens with one attached hydrogen (secondary N) is 1. The number of nitrogens with zero attached hydrogens (tertiary/aromatic N) is 4. The largest absolute Gasteiger partial charge is 0.378 e. The molecule has 0 radical (unpaired) electrons. The number of pyridine rings is 1. The van der Waals surface area contributed by atoms with E-state index in [2.05, 4.69) is 50.5 Å². The maximum atomic E-state index is 13.6. The summed E-state index contributed by atoms with van der Waals surface area (Å²) in [6.07, 6.45) is 6.77. The molecule has 0 atom stereocenters. The Kier molecular flexibility index (Phi) is 9.53. The summed E-state index contributed by atoms with van der Waals surface area (Å²) in [5.74, 6) is 0. The van der Waals surface area contributed by atoms with Gasteiger partial charge in [0.05, 0.1) is 18.7 Å². The van der Waals surface area contributed by atoms with Crippen molar-refractivity contribution < 1.29 is 9.53 Å².